The van der Waals surface area contributed by atoms with Crippen molar-refractivity contribution in [1.29, 1.82) is 0 Å². The van der Waals surface area contributed by atoms with Gasteiger partial charge in [-0.3, -0.25) is 4.79 Å². The van der Waals surface area contributed by atoms with Gasteiger partial charge < -0.3 is 20.5 Å². The van der Waals surface area contributed by atoms with Gasteiger partial charge in [0.1, 0.15) is 10.6 Å². The summed E-state index contributed by atoms with van der Waals surface area (Å²) in [5, 5.41) is 4.39. The lowest BCUT2D eigenvalue weighted by atomic mass is 9.97. The molecule has 1 aliphatic carbocycles. The van der Waals surface area contributed by atoms with Gasteiger partial charge in [-0.2, -0.15) is 0 Å². The first-order valence-corrected chi connectivity index (χ1v) is 10.9. The largest absolute Gasteiger partial charge is 0.454 e. The number of aryl methyl sites for hydroxylation is 2. The van der Waals surface area contributed by atoms with Crippen molar-refractivity contribution in [3.8, 4) is 11.5 Å². The Hall–Kier alpha value is -2.52. The summed E-state index contributed by atoms with van der Waals surface area (Å²) in [5.74, 6) is 1.89. The zero-order chi connectivity index (χ0) is 19.1. The van der Waals surface area contributed by atoms with Crippen LogP contribution in [0.1, 0.15) is 23.3 Å². The summed E-state index contributed by atoms with van der Waals surface area (Å²) in [5.41, 5.74) is 8.21. The zero-order valence-electron chi connectivity index (χ0n) is 15.0. The second kappa shape index (κ2) is 7.14. The predicted octanol–water partition coefficient (Wildman–Crippen LogP) is 3.61. The maximum Gasteiger partial charge on any atom is 0.234 e. The summed E-state index contributed by atoms with van der Waals surface area (Å²) in [6.07, 6.45) is 4.55. The molecule has 9 heteroatoms. The van der Waals surface area contributed by atoms with Crippen LogP contribution in [0, 0.1) is 0 Å². The summed E-state index contributed by atoms with van der Waals surface area (Å²) in [7, 11) is 0. The number of hydrogen-bond acceptors (Lipinski definition) is 8. The van der Waals surface area contributed by atoms with Gasteiger partial charge in [-0.1, -0.05) is 11.8 Å². The van der Waals surface area contributed by atoms with Gasteiger partial charge in [-0.05, 0) is 43.4 Å². The monoisotopic (exact) mass is 414 g/mol. The van der Waals surface area contributed by atoms with Crippen molar-refractivity contribution in [1.82, 2.24) is 9.97 Å². The summed E-state index contributed by atoms with van der Waals surface area (Å²) in [6, 6.07) is 5.32. The van der Waals surface area contributed by atoms with E-state index in [1.165, 1.54) is 35.0 Å². The van der Waals surface area contributed by atoms with Crippen LogP contribution in [0.15, 0.2) is 23.4 Å². The molecule has 2 aliphatic rings. The lowest BCUT2D eigenvalue weighted by molar-refractivity contribution is -0.113. The maximum absolute atomic E-state index is 12.3. The molecule has 5 rings (SSSR count). The first-order chi connectivity index (χ1) is 13.7. The second-order valence-electron chi connectivity index (χ2n) is 6.69. The Bertz CT molecular complexity index is 1080. The van der Waals surface area contributed by atoms with Crippen LogP contribution in [0.5, 0.6) is 11.5 Å². The summed E-state index contributed by atoms with van der Waals surface area (Å²) >= 11 is 2.99. The summed E-state index contributed by atoms with van der Waals surface area (Å²) < 4.78 is 10.6. The van der Waals surface area contributed by atoms with Gasteiger partial charge in [0, 0.05) is 16.6 Å². The molecular formula is C19H18N4O3S2. The first-order valence-electron chi connectivity index (χ1n) is 9.07. The number of nitrogens with zero attached hydrogens (tertiary/aromatic N) is 2. The second-order valence-corrected chi connectivity index (χ2v) is 8.71. The molecule has 2 aromatic heterocycles. The van der Waals surface area contributed by atoms with Gasteiger partial charge in [-0.25, -0.2) is 9.97 Å². The molecule has 0 fully saturated rings. The van der Waals surface area contributed by atoms with Crippen LogP contribution in [0.3, 0.4) is 0 Å². The van der Waals surface area contributed by atoms with Crippen molar-refractivity contribution >= 4 is 50.7 Å². The minimum absolute atomic E-state index is 0.142. The van der Waals surface area contributed by atoms with Crippen molar-refractivity contribution in [3.05, 3.63) is 28.6 Å². The number of hydrogen-bond donors (Lipinski definition) is 2. The normalized spacial score (nSPS) is 14.9. The molecule has 0 atom stereocenters. The highest BCUT2D eigenvalue weighted by atomic mass is 32.2. The van der Waals surface area contributed by atoms with Crippen molar-refractivity contribution in [3.63, 3.8) is 0 Å². The molecule has 0 unspecified atom stereocenters. The lowest BCUT2D eigenvalue weighted by Crippen LogP contribution is -2.14. The molecule has 1 aromatic carbocycles. The third-order valence-corrected chi connectivity index (χ3v) is 6.84. The number of thiophene rings is 1. The molecule has 0 radical (unpaired) electrons. The van der Waals surface area contributed by atoms with Crippen LogP contribution in [0.25, 0.3) is 10.2 Å². The number of ether oxygens (including phenoxy) is 2. The number of carbonyl (C=O) groups excluding carboxylic acids is 1. The number of nitrogens with two attached hydrogens (primary N) is 1. The fourth-order valence-corrected chi connectivity index (χ4v) is 5.51. The van der Waals surface area contributed by atoms with Crippen LogP contribution in [0.4, 0.5) is 11.5 Å². The molecule has 28 heavy (non-hydrogen) atoms. The van der Waals surface area contributed by atoms with Crippen LogP contribution < -0.4 is 20.5 Å². The van der Waals surface area contributed by atoms with Gasteiger partial charge in [0.2, 0.25) is 12.7 Å². The third-order valence-electron chi connectivity index (χ3n) is 4.81. The first kappa shape index (κ1) is 17.6. The number of benzene rings is 1. The highest BCUT2D eigenvalue weighted by Gasteiger charge is 2.20. The molecule has 144 valence electrons. The fraction of sp³-hybridized carbons (Fsp3) is 0.316. The number of nitrogen functional groups attached to an aromatic ring is 1. The number of rotatable bonds is 4. The van der Waals surface area contributed by atoms with E-state index in [9.17, 15) is 4.79 Å². The van der Waals surface area contributed by atoms with Crippen molar-refractivity contribution < 1.29 is 14.3 Å². The molecule has 0 saturated heterocycles. The number of carbonyl (C=O) groups is 1. The van der Waals surface area contributed by atoms with Gasteiger partial charge in [0.05, 0.1) is 11.1 Å². The van der Waals surface area contributed by atoms with E-state index in [0.29, 0.717) is 28.2 Å². The Kier molecular flexibility index (Phi) is 4.48. The van der Waals surface area contributed by atoms with Crippen molar-refractivity contribution in [2.24, 2.45) is 0 Å². The van der Waals surface area contributed by atoms with Crippen LogP contribution >= 0.6 is 23.1 Å². The quantitative estimate of drug-likeness (QED) is 0.497. The minimum Gasteiger partial charge on any atom is -0.454 e. The molecule has 3 heterocycles. The van der Waals surface area contributed by atoms with E-state index in [4.69, 9.17) is 15.2 Å². The molecule has 1 amide bonds. The van der Waals surface area contributed by atoms with Gasteiger partial charge in [0.15, 0.2) is 16.7 Å². The van der Waals surface area contributed by atoms with Gasteiger partial charge in [-0.15, -0.1) is 11.3 Å². The summed E-state index contributed by atoms with van der Waals surface area (Å²) in [4.78, 5) is 23.7. The number of nitrogens with one attached hydrogen (secondary N) is 1. The van der Waals surface area contributed by atoms with E-state index in [1.807, 2.05) is 0 Å². The molecular weight excluding hydrogens is 396 g/mol. The Labute approximate surface area is 169 Å². The number of thioether (sulfide) groups is 1. The van der Waals surface area contributed by atoms with E-state index >= 15 is 0 Å². The Morgan fingerprint density at radius 2 is 2.07 bits per heavy atom. The number of anilines is 2. The summed E-state index contributed by atoms with van der Waals surface area (Å²) in [6.45, 7) is 0.204. The Morgan fingerprint density at radius 1 is 1.21 bits per heavy atom. The smallest absolute Gasteiger partial charge is 0.234 e. The van der Waals surface area contributed by atoms with E-state index in [2.05, 4.69) is 15.3 Å². The Balaban J connectivity index is 1.28. The van der Waals surface area contributed by atoms with Crippen molar-refractivity contribution in [2.45, 2.75) is 30.8 Å². The molecule has 3 aromatic rings. The predicted molar refractivity (Wildman–Crippen MR) is 110 cm³/mol. The lowest BCUT2D eigenvalue weighted by Gasteiger charge is -2.10. The molecule has 1 aliphatic heterocycles. The van der Waals surface area contributed by atoms with E-state index in [1.54, 1.807) is 29.5 Å². The SMILES string of the molecule is Nc1nc(SCC(=O)Nc2ccc3c(c2)OCO3)nc2sc3c(c12)CCCC3. The standard InChI is InChI=1S/C19H18N4O3S2/c20-17-16-11-3-1-2-4-14(11)28-18(16)23-19(22-17)27-8-15(24)21-10-5-6-12-13(7-10)26-9-25-12/h5-7H,1-4,8-9H2,(H,21,24)(H2,20,22,23). The molecule has 0 saturated carbocycles. The van der Waals surface area contributed by atoms with Gasteiger partial charge in [0.25, 0.3) is 0 Å². The average Bonchev–Trinajstić information content (AvgIpc) is 3.30. The minimum atomic E-state index is -0.142. The average molecular weight is 415 g/mol. The van der Waals surface area contributed by atoms with Gasteiger partial charge >= 0.3 is 0 Å². The van der Waals surface area contributed by atoms with Crippen LogP contribution in [-0.4, -0.2) is 28.4 Å². The number of amides is 1. The third kappa shape index (κ3) is 3.24. The maximum atomic E-state index is 12.3. The topological polar surface area (TPSA) is 99.4 Å². The van der Waals surface area contributed by atoms with Crippen molar-refractivity contribution in [2.75, 3.05) is 23.6 Å². The molecule has 3 N–H and O–H groups in total. The van der Waals surface area contributed by atoms with Crippen LogP contribution in [0.2, 0.25) is 0 Å². The molecule has 0 spiro atoms. The molecule has 7 nitrogen and oxygen atoms in total. The van der Waals surface area contributed by atoms with E-state index in [-0.39, 0.29) is 18.5 Å². The van der Waals surface area contributed by atoms with E-state index < -0.39 is 0 Å². The van der Waals surface area contributed by atoms with Crippen LogP contribution in [-0.2, 0) is 17.6 Å². The molecule has 0 bridgehead atoms. The number of aromatic nitrogens is 2. The van der Waals surface area contributed by atoms with E-state index in [0.717, 1.165) is 23.1 Å². The zero-order valence-corrected chi connectivity index (χ0v) is 16.6. The highest BCUT2D eigenvalue weighted by Crippen LogP contribution is 2.38. The highest BCUT2D eigenvalue weighted by molar-refractivity contribution is 7.99. The fourth-order valence-electron chi connectivity index (χ4n) is 3.53. The number of fused-ring (bicyclic) bond motifs is 4. The Morgan fingerprint density at radius 3 is 3.00 bits per heavy atom.